The molecular weight excluding hydrogens is 633 g/mol. The minimum absolute atomic E-state index is 0.0261. The molecule has 0 spiro atoms. The Bertz CT molecular complexity index is 1330. The molecule has 6 nitrogen and oxygen atoms in total. The van der Waals surface area contributed by atoms with Crippen LogP contribution in [0.25, 0.3) is 0 Å². The lowest BCUT2D eigenvalue weighted by atomic mass is 9.32. The summed E-state index contributed by atoms with van der Waals surface area (Å²) < 4.78 is 6.31. The summed E-state index contributed by atoms with van der Waals surface area (Å²) in [7, 11) is 0. The van der Waals surface area contributed by atoms with E-state index < -0.39 is 11.4 Å². The van der Waals surface area contributed by atoms with Gasteiger partial charge in [-0.25, -0.2) is 0 Å². The van der Waals surface area contributed by atoms with Crippen LogP contribution in [0, 0.1) is 62.1 Å². The molecule has 0 aromatic heterocycles. The number of hydrogen-bond acceptors (Lipinski definition) is 5. The first-order chi connectivity index (χ1) is 23.7. The number of carbonyl (C=O) groups is 2. The van der Waals surface area contributed by atoms with Crippen molar-refractivity contribution in [2.45, 2.75) is 165 Å². The number of piperazine rings is 1. The third kappa shape index (κ3) is 6.69. The van der Waals surface area contributed by atoms with Crippen molar-refractivity contribution in [3.05, 3.63) is 12.2 Å². The number of carboxylic acids is 1. The molecule has 10 atom stereocenters. The van der Waals surface area contributed by atoms with Crippen molar-refractivity contribution in [3.63, 3.8) is 0 Å². The standard InChI is InChI=1S/C45H76N2O4/c1-30(2)32-14-19-45(22-23-46-24-26-47(27-25-46)31(3)4)21-20-43(10)33(39(32)45)12-13-35-42(9)17-16-36(41(7,8)34(42)15-18-44(35,43)11)51-38(50)29-40(5,6)28-37(48)49/h31-36,39H,1,12-29H2,2-11H3,(H,48,49)/t32?,33-,34?,35?,36?,39?,42+,43-,44-,45-/m1/s1. The molecule has 6 heteroatoms. The van der Waals surface area contributed by atoms with E-state index in [9.17, 15) is 14.7 Å². The Hall–Kier alpha value is -1.40. The number of rotatable bonds is 10. The summed E-state index contributed by atoms with van der Waals surface area (Å²) in [6, 6.07) is 0.652. The maximum Gasteiger partial charge on any atom is 0.306 e. The number of allylic oxidation sites excluding steroid dienone is 1. The summed E-state index contributed by atoms with van der Waals surface area (Å²) in [6.45, 7) is 34.4. The molecule has 0 radical (unpaired) electrons. The zero-order valence-corrected chi connectivity index (χ0v) is 34.5. The Morgan fingerprint density at radius 2 is 1.53 bits per heavy atom. The van der Waals surface area contributed by atoms with E-state index in [0.29, 0.717) is 40.0 Å². The maximum atomic E-state index is 13.3. The Morgan fingerprint density at radius 3 is 2.16 bits per heavy atom. The molecule has 1 saturated heterocycles. The van der Waals surface area contributed by atoms with Crippen LogP contribution in [0.5, 0.6) is 0 Å². The molecule has 1 heterocycles. The second-order valence-electron chi connectivity index (χ2n) is 21.5. The second kappa shape index (κ2) is 13.7. The van der Waals surface area contributed by atoms with Gasteiger partial charge in [-0.05, 0) is 155 Å². The molecule has 6 rings (SSSR count). The molecular formula is C45H76N2O4. The van der Waals surface area contributed by atoms with Gasteiger partial charge in [0.2, 0.25) is 0 Å². The van der Waals surface area contributed by atoms with Crippen molar-refractivity contribution in [3.8, 4) is 0 Å². The van der Waals surface area contributed by atoms with E-state index in [-0.39, 0.29) is 35.7 Å². The lowest BCUT2D eigenvalue weighted by molar-refractivity contribution is -0.250. The van der Waals surface area contributed by atoms with Gasteiger partial charge in [0.05, 0.1) is 12.8 Å². The molecule has 1 aliphatic heterocycles. The average molecular weight is 709 g/mol. The summed E-state index contributed by atoms with van der Waals surface area (Å²) >= 11 is 0. The third-order valence-corrected chi connectivity index (χ3v) is 17.8. The van der Waals surface area contributed by atoms with Gasteiger partial charge in [-0.2, -0.15) is 0 Å². The van der Waals surface area contributed by atoms with Crippen LogP contribution in [0.1, 0.15) is 153 Å². The van der Waals surface area contributed by atoms with Gasteiger partial charge in [0.15, 0.2) is 0 Å². The van der Waals surface area contributed by atoms with Gasteiger partial charge in [0, 0.05) is 37.6 Å². The number of carbonyl (C=O) groups excluding carboxylic acids is 1. The molecule has 5 unspecified atom stereocenters. The predicted molar refractivity (Wildman–Crippen MR) is 207 cm³/mol. The van der Waals surface area contributed by atoms with E-state index in [4.69, 9.17) is 4.74 Å². The number of ether oxygens (including phenoxy) is 1. The van der Waals surface area contributed by atoms with Crippen molar-refractivity contribution < 1.29 is 19.4 Å². The van der Waals surface area contributed by atoms with E-state index in [0.717, 1.165) is 24.7 Å². The van der Waals surface area contributed by atoms with Gasteiger partial charge in [-0.15, -0.1) is 0 Å². The normalized spacial score (nSPS) is 42.7. The van der Waals surface area contributed by atoms with Crippen LogP contribution >= 0.6 is 0 Å². The van der Waals surface area contributed by atoms with Crippen LogP contribution in [0.3, 0.4) is 0 Å². The monoisotopic (exact) mass is 709 g/mol. The molecule has 6 fully saturated rings. The number of carboxylic acid groups (broad SMARTS) is 1. The highest BCUT2D eigenvalue weighted by molar-refractivity contribution is 5.73. The van der Waals surface area contributed by atoms with Crippen LogP contribution in [-0.2, 0) is 14.3 Å². The van der Waals surface area contributed by atoms with Gasteiger partial charge in [0.25, 0.3) is 0 Å². The molecule has 5 aliphatic carbocycles. The van der Waals surface area contributed by atoms with Crippen LogP contribution in [0.15, 0.2) is 12.2 Å². The van der Waals surface area contributed by atoms with Crippen molar-refractivity contribution >= 4 is 11.9 Å². The number of hydrogen-bond donors (Lipinski definition) is 1. The molecule has 6 aliphatic rings. The highest BCUT2D eigenvalue weighted by atomic mass is 16.5. The summed E-state index contributed by atoms with van der Waals surface area (Å²) in [4.78, 5) is 30.1. The van der Waals surface area contributed by atoms with Crippen LogP contribution in [-0.4, -0.2) is 71.7 Å². The first-order valence-electron chi connectivity index (χ1n) is 21.2. The molecule has 51 heavy (non-hydrogen) atoms. The lowest BCUT2D eigenvalue weighted by Gasteiger charge is -2.73. The SMILES string of the molecule is C=C(C)C1CC[C@]2(CCN3CCN(C(C)C)CC3)CC[C@]3(C)[C@H](CCC4[C@@]5(C)CCC(OC(=O)CC(C)(C)CC(=O)O)C(C)(C)C5CC[C@]43C)C12. The minimum Gasteiger partial charge on any atom is -0.481 e. The zero-order chi connectivity index (χ0) is 37.4. The lowest BCUT2D eigenvalue weighted by Crippen LogP contribution is -2.66. The number of nitrogens with zero attached hydrogens (tertiary/aromatic N) is 2. The fourth-order valence-corrected chi connectivity index (χ4v) is 14.8. The van der Waals surface area contributed by atoms with Crippen LogP contribution in [0.2, 0.25) is 0 Å². The molecule has 1 N–H and O–H groups in total. The van der Waals surface area contributed by atoms with Crippen molar-refractivity contribution in [1.82, 2.24) is 9.80 Å². The van der Waals surface area contributed by atoms with Gasteiger partial charge in [-0.1, -0.05) is 60.6 Å². The quantitative estimate of drug-likeness (QED) is 0.180. The predicted octanol–water partition coefficient (Wildman–Crippen LogP) is 9.86. The summed E-state index contributed by atoms with van der Waals surface area (Å²) in [5, 5.41) is 9.36. The molecule has 5 saturated carbocycles. The maximum absolute atomic E-state index is 13.3. The Labute approximate surface area is 312 Å². The van der Waals surface area contributed by atoms with E-state index in [1.54, 1.807) is 0 Å². The second-order valence-corrected chi connectivity index (χ2v) is 21.5. The molecule has 0 aromatic rings. The molecule has 0 amide bonds. The summed E-state index contributed by atoms with van der Waals surface area (Å²) in [5.41, 5.74) is 2.06. The molecule has 0 aromatic carbocycles. The van der Waals surface area contributed by atoms with Gasteiger partial charge in [-0.3, -0.25) is 14.5 Å². The van der Waals surface area contributed by atoms with Gasteiger partial charge >= 0.3 is 11.9 Å². The number of aliphatic carboxylic acids is 1. The van der Waals surface area contributed by atoms with Gasteiger partial charge in [0.1, 0.15) is 6.10 Å². The Balaban J connectivity index is 1.20. The van der Waals surface area contributed by atoms with E-state index >= 15 is 0 Å². The highest BCUT2D eigenvalue weighted by Gasteiger charge is 2.71. The van der Waals surface area contributed by atoms with E-state index in [2.05, 4.69) is 71.8 Å². The van der Waals surface area contributed by atoms with Crippen molar-refractivity contribution in [2.24, 2.45) is 62.1 Å². The van der Waals surface area contributed by atoms with Crippen molar-refractivity contribution in [2.75, 3.05) is 32.7 Å². The summed E-state index contributed by atoms with van der Waals surface area (Å²) in [6.07, 6.45) is 14.1. The summed E-state index contributed by atoms with van der Waals surface area (Å²) in [5.74, 6) is 2.31. The van der Waals surface area contributed by atoms with E-state index in [1.807, 2.05) is 13.8 Å². The molecule has 290 valence electrons. The highest BCUT2D eigenvalue weighted by Crippen LogP contribution is 2.78. The third-order valence-electron chi connectivity index (χ3n) is 17.8. The first-order valence-corrected chi connectivity index (χ1v) is 21.2. The number of esters is 1. The Morgan fingerprint density at radius 1 is 0.843 bits per heavy atom. The first kappa shape index (κ1) is 39.3. The van der Waals surface area contributed by atoms with Crippen LogP contribution in [0.4, 0.5) is 0 Å². The number of fused-ring (bicyclic) bond motifs is 7. The molecule has 0 bridgehead atoms. The smallest absolute Gasteiger partial charge is 0.306 e. The topological polar surface area (TPSA) is 70.1 Å². The average Bonchev–Trinajstić information content (AvgIpc) is 3.41. The van der Waals surface area contributed by atoms with Crippen LogP contribution < -0.4 is 0 Å². The minimum atomic E-state index is -0.863. The largest absolute Gasteiger partial charge is 0.481 e. The van der Waals surface area contributed by atoms with Crippen molar-refractivity contribution in [1.29, 1.82) is 0 Å². The van der Waals surface area contributed by atoms with E-state index in [1.165, 1.54) is 96.1 Å². The fourth-order valence-electron chi connectivity index (χ4n) is 14.8. The van der Waals surface area contributed by atoms with Gasteiger partial charge < -0.3 is 14.7 Å². The fraction of sp³-hybridized carbons (Fsp3) is 0.911. The Kier molecular flexibility index (Phi) is 10.6. The zero-order valence-electron chi connectivity index (χ0n) is 34.5.